The molecule has 0 radical (unpaired) electrons. The molecule has 4 heteroatoms. The summed E-state index contributed by atoms with van der Waals surface area (Å²) in [5.74, 6) is 1.28. The third-order valence-corrected chi connectivity index (χ3v) is 3.17. The van der Waals surface area contributed by atoms with Gasteiger partial charge in [0.05, 0.1) is 5.75 Å². The third kappa shape index (κ3) is 5.33. The predicted octanol–water partition coefficient (Wildman–Crippen LogP) is 3.55. The van der Waals surface area contributed by atoms with E-state index in [2.05, 4.69) is 34.8 Å². The van der Waals surface area contributed by atoms with Gasteiger partial charge in [-0.3, -0.25) is 9.78 Å². The lowest BCUT2D eigenvalue weighted by molar-refractivity contribution is -0.117. The van der Waals surface area contributed by atoms with Gasteiger partial charge in [0.1, 0.15) is 5.78 Å². The molecule has 0 spiro atoms. The molecule has 0 atom stereocenters. The fourth-order valence-electron chi connectivity index (χ4n) is 1.15. The van der Waals surface area contributed by atoms with Crippen molar-refractivity contribution in [1.29, 1.82) is 0 Å². The van der Waals surface area contributed by atoms with Crippen LogP contribution in [0.15, 0.2) is 27.8 Å². The number of halogens is 1. The lowest BCUT2D eigenvalue weighted by atomic mass is 10.1. The van der Waals surface area contributed by atoms with E-state index in [0.29, 0.717) is 23.9 Å². The molecule has 0 saturated carbocycles. The number of pyridine rings is 1. The van der Waals surface area contributed by atoms with Crippen molar-refractivity contribution >= 4 is 33.5 Å². The van der Waals surface area contributed by atoms with Crippen LogP contribution >= 0.6 is 27.7 Å². The Morgan fingerprint density at radius 2 is 2.27 bits per heavy atom. The minimum atomic E-state index is 0.301. The second kappa shape index (κ2) is 6.28. The normalized spacial score (nSPS) is 10.7. The molecule has 0 N–H and O–H groups in total. The summed E-state index contributed by atoms with van der Waals surface area (Å²) in [6.07, 6.45) is 4.17. The minimum Gasteiger partial charge on any atom is -0.299 e. The highest BCUT2D eigenvalue weighted by atomic mass is 79.9. The SMILES string of the molecule is CC(C)CC(=O)CSc1cncc(Br)c1. The van der Waals surface area contributed by atoms with Crippen molar-refractivity contribution in [2.75, 3.05) is 5.75 Å². The van der Waals surface area contributed by atoms with Gasteiger partial charge in [-0.2, -0.15) is 0 Å². The van der Waals surface area contributed by atoms with E-state index < -0.39 is 0 Å². The fraction of sp³-hybridized carbons (Fsp3) is 0.455. The Bertz CT molecular complexity index is 341. The summed E-state index contributed by atoms with van der Waals surface area (Å²) in [7, 11) is 0. The second-order valence-corrected chi connectivity index (χ2v) is 5.73. The zero-order valence-electron chi connectivity index (χ0n) is 8.87. The molecular formula is C11H14BrNOS. The van der Waals surface area contributed by atoms with Crippen LogP contribution in [0.25, 0.3) is 0 Å². The highest BCUT2D eigenvalue weighted by Crippen LogP contribution is 2.21. The summed E-state index contributed by atoms with van der Waals surface area (Å²) in [6.45, 7) is 4.12. The highest BCUT2D eigenvalue weighted by molar-refractivity contribution is 9.10. The first-order chi connectivity index (χ1) is 7.08. The zero-order chi connectivity index (χ0) is 11.3. The molecule has 2 nitrogen and oxygen atoms in total. The van der Waals surface area contributed by atoms with E-state index in [1.165, 1.54) is 0 Å². The molecule has 1 aromatic rings. The Balaban J connectivity index is 2.40. The van der Waals surface area contributed by atoms with E-state index >= 15 is 0 Å². The number of carbonyl (C=O) groups is 1. The maximum absolute atomic E-state index is 11.5. The van der Waals surface area contributed by atoms with Crippen molar-refractivity contribution in [3.05, 3.63) is 22.9 Å². The average molecular weight is 288 g/mol. The van der Waals surface area contributed by atoms with Gasteiger partial charge in [0.25, 0.3) is 0 Å². The number of ketones is 1. The molecule has 0 aromatic carbocycles. The third-order valence-electron chi connectivity index (χ3n) is 1.72. The summed E-state index contributed by atoms with van der Waals surface area (Å²) in [6, 6.07) is 1.97. The molecule has 15 heavy (non-hydrogen) atoms. The molecule has 1 aromatic heterocycles. The van der Waals surface area contributed by atoms with Crippen LogP contribution in [-0.2, 0) is 4.79 Å². The van der Waals surface area contributed by atoms with Crippen LogP contribution in [0.3, 0.4) is 0 Å². The predicted molar refractivity (Wildman–Crippen MR) is 67.1 cm³/mol. The van der Waals surface area contributed by atoms with E-state index in [9.17, 15) is 4.79 Å². The van der Waals surface area contributed by atoms with Crippen LogP contribution in [0.5, 0.6) is 0 Å². The number of hydrogen-bond acceptors (Lipinski definition) is 3. The molecule has 0 amide bonds. The van der Waals surface area contributed by atoms with Crippen molar-refractivity contribution in [1.82, 2.24) is 4.98 Å². The minimum absolute atomic E-state index is 0.301. The van der Waals surface area contributed by atoms with Crippen molar-refractivity contribution < 1.29 is 4.79 Å². The Morgan fingerprint density at radius 1 is 1.53 bits per heavy atom. The van der Waals surface area contributed by atoms with Crippen LogP contribution in [0.1, 0.15) is 20.3 Å². The molecular weight excluding hydrogens is 274 g/mol. The smallest absolute Gasteiger partial charge is 0.143 e. The van der Waals surface area contributed by atoms with Crippen LogP contribution in [0, 0.1) is 5.92 Å². The van der Waals surface area contributed by atoms with Gasteiger partial charge in [-0.25, -0.2) is 0 Å². The summed E-state index contributed by atoms with van der Waals surface area (Å²) in [4.78, 5) is 16.5. The van der Waals surface area contributed by atoms with E-state index in [1.54, 1.807) is 24.2 Å². The maximum Gasteiger partial charge on any atom is 0.143 e. The van der Waals surface area contributed by atoms with Crippen LogP contribution in [0.2, 0.25) is 0 Å². The van der Waals surface area contributed by atoms with E-state index in [1.807, 2.05) is 6.07 Å². The van der Waals surface area contributed by atoms with E-state index in [4.69, 9.17) is 0 Å². The highest BCUT2D eigenvalue weighted by Gasteiger charge is 2.06. The number of thioether (sulfide) groups is 1. The zero-order valence-corrected chi connectivity index (χ0v) is 11.3. The molecule has 0 unspecified atom stereocenters. The fourth-order valence-corrected chi connectivity index (χ4v) is 2.46. The molecule has 0 bridgehead atoms. The molecule has 0 fully saturated rings. The molecule has 0 saturated heterocycles. The van der Waals surface area contributed by atoms with Gasteiger partial charge in [0.2, 0.25) is 0 Å². The van der Waals surface area contributed by atoms with Gasteiger partial charge in [0, 0.05) is 28.2 Å². The number of aromatic nitrogens is 1. The maximum atomic E-state index is 11.5. The van der Waals surface area contributed by atoms with E-state index in [0.717, 1.165) is 9.37 Å². The number of nitrogens with zero attached hydrogens (tertiary/aromatic N) is 1. The summed E-state index contributed by atoms with van der Waals surface area (Å²) >= 11 is 4.89. The second-order valence-electron chi connectivity index (χ2n) is 3.76. The van der Waals surface area contributed by atoms with Crippen LogP contribution in [-0.4, -0.2) is 16.5 Å². The van der Waals surface area contributed by atoms with E-state index in [-0.39, 0.29) is 0 Å². The van der Waals surface area contributed by atoms with Crippen molar-refractivity contribution in [2.24, 2.45) is 5.92 Å². The quantitative estimate of drug-likeness (QED) is 0.776. The van der Waals surface area contributed by atoms with Gasteiger partial charge in [0.15, 0.2) is 0 Å². The van der Waals surface area contributed by atoms with Gasteiger partial charge in [-0.05, 0) is 27.9 Å². The first-order valence-corrected chi connectivity index (χ1v) is 6.61. The molecule has 0 aliphatic rings. The van der Waals surface area contributed by atoms with Gasteiger partial charge >= 0.3 is 0 Å². The molecule has 0 aliphatic heterocycles. The topological polar surface area (TPSA) is 30.0 Å². The first kappa shape index (κ1) is 12.7. The lowest BCUT2D eigenvalue weighted by Gasteiger charge is -2.03. The van der Waals surface area contributed by atoms with Gasteiger partial charge < -0.3 is 0 Å². The van der Waals surface area contributed by atoms with Crippen LogP contribution < -0.4 is 0 Å². The average Bonchev–Trinajstić information content (AvgIpc) is 2.14. The Hall–Kier alpha value is -0.350. The largest absolute Gasteiger partial charge is 0.299 e. The summed E-state index contributed by atoms with van der Waals surface area (Å²) in [5, 5.41) is 0. The summed E-state index contributed by atoms with van der Waals surface area (Å²) < 4.78 is 0.948. The monoisotopic (exact) mass is 287 g/mol. The van der Waals surface area contributed by atoms with Crippen LogP contribution in [0.4, 0.5) is 0 Å². The van der Waals surface area contributed by atoms with Gasteiger partial charge in [-0.15, -0.1) is 11.8 Å². The summed E-state index contributed by atoms with van der Waals surface area (Å²) in [5.41, 5.74) is 0. The number of Topliss-reactive ketones (excluding diaryl/α,β-unsaturated/α-hetero) is 1. The lowest BCUT2D eigenvalue weighted by Crippen LogP contribution is -2.05. The van der Waals surface area contributed by atoms with Crippen molar-refractivity contribution in [3.63, 3.8) is 0 Å². The number of hydrogen-bond donors (Lipinski definition) is 0. The van der Waals surface area contributed by atoms with Crippen molar-refractivity contribution in [3.8, 4) is 0 Å². The Morgan fingerprint density at radius 3 is 2.87 bits per heavy atom. The van der Waals surface area contributed by atoms with Crippen molar-refractivity contribution in [2.45, 2.75) is 25.2 Å². The molecule has 1 heterocycles. The molecule has 82 valence electrons. The molecule has 1 rings (SSSR count). The first-order valence-electron chi connectivity index (χ1n) is 4.83. The molecule has 0 aliphatic carbocycles. The standard InChI is InChI=1S/C11H14BrNOS/c1-8(2)3-10(14)7-15-11-4-9(12)5-13-6-11/h4-6,8H,3,7H2,1-2H3. The van der Waals surface area contributed by atoms with Gasteiger partial charge in [-0.1, -0.05) is 13.8 Å². The Labute approximate surface area is 103 Å². The number of rotatable bonds is 5. The number of carbonyl (C=O) groups excluding carboxylic acids is 1. The Kier molecular flexibility index (Phi) is 5.32.